The molecule has 0 unspecified atom stereocenters. The Hall–Kier alpha value is -2.95. The van der Waals surface area contributed by atoms with E-state index < -0.39 is 30.1 Å². The summed E-state index contributed by atoms with van der Waals surface area (Å²) in [6, 6.07) is 2.27. The molecule has 0 radical (unpaired) electrons. The number of ether oxygens (including phenoxy) is 3. The highest BCUT2D eigenvalue weighted by Gasteiger charge is 2.52. The zero-order valence-corrected chi connectivity index (χ0v) is 27.1. The fourth-order valence-corrected chi connectivity index (χ4v) is 8.06. The summed E-state index contributed by atoms with van der Waals surface area (Å²) in [6.07, 6.45) is 8.13. The van der Waals surface area contributed by atoms with Gasteiger partial charge in [0.2, 0.25) is 11.8 Å². The summed E-state index contributed by atoms with van der Waals surface area (Å²) in [4.78, 5) is 41.4. The Balaban J connectivity index is 1.50. The van der Waals surface area contributed by atoms with Crippen molar-refractivity contribution < 1.29 is 38.8 Å². The van der Waals surface area contributed by atoms with Gasteiger partial charge in [-0.25, -0.2) is 0 Å². The smallest absolute Gasteiger partial charge is 0.249 e. The maximum Gasteiger partial charge on any atom is 0.249 e. The number of benzene rings is 1. The van der Waals surface area contributed by atoms with E-state index in [-0.39, 0.29) is 37.8 Å². The number of carbonyl (C=O) groups excluding carboxylic acids is 3. The van der Waals surface area contributed by atoms with Crippen molar-refractivity contribution in [3.05, 3.63) is 34.9 Å². The van der Waals surface area contributed by atoms with Crippen LogP contribution in [-0.2, 0) is 14.3 Å². The van der Waals surface area contributed by atoms with E-state index >= 15 is 0 Å². The lowest BCUT2D eigenvalue weighted by Gasteiger charge is -2.45. The van der Waals surface area contributed by atoms with Crippen LogP contribution in [-0.4, -0.2) is 90.5 Å². The van der Waals surface area contributed by atoms with Crippen LogP contribution in [0, 0.1) is 17.8 Å². The second-order valence-corrected chi connectivity index (χ2v) is 13.7. The molecule has 1 aromatic carbocycles. The van der Waals surface area contributed by atoms with E-state index in [9.17, 15) is 24.6 Å². The predicted octanol–water partition coefficient (Wildman–Crippen LogP) is 3.77. The van der Waals surface area contributed by atoms with Gasteiger partial charge in [0, 0.05) is 29.3 Å². The van der Waals surface area contributed by atoms with Crippen molar-refractivity contribution >= 4 is 18.1 Å². The van der Waals surface area contributed by atoms with Crippen LogP contribution in [0.1, 0.15) is 94.0 Å². The molecule has 0 aromatic heterocycles. The highest BCUT2D eigenvalue weighted by atomic mass is 16.5. The van der Waals surface area contributed by atoms with Crippen LogP contribution in [0.2, 0.25) is 0 Å². The van der Waals surface area contributed by atoms with Crippen LogP contribution in [0.5, 0.6) is 11.5 Å². The van der Waals surface area contributed by atoms with E-state index in [1.165, 1.54) is 7.11 Å². The molecule has 10 heteroatoms. The number of methoxy groups -OCH3 is 1. The summed E-state index contributed by atoms with van der Waals surface area (Å²) in [5.74, 6) is 0.739. The molecule has 2 saturated carbocycles. The third-order valence-electron chi connectivity index (χ3n) is 10.4. The van der Waals surface area contributed by atoms with Crippen molar-refractivity contribution in [3.63, 3.8) is 0 Å². The molecule has 0 spiro atoms. The maximum atomic E-state index is 14.3. The summed E-state index contributed by atoms with van der Waals surface area (Å²) in [5, 5.41) is 24.2. The number of aliphatic hydroxyl groups excluding tert-OH is 2. The highest BCUT2D eigenvalue weighted by molar-refractivity contribution is 5.96. The molecule has 1 aliphatic heterocycles. The fourth-order valence-electron chi connectivity index (χ4n) is 8.06. The lowest BCUT2D eigenvalue weighted by atomic mass is 9.75. The average Bonchev–Trinajstić information content (AvgIpc) is 3.43. The Morgan fingerprint density at radius 2 is 1.91 bits per heavy atom. The number of nitrogens with zero attached hydrogens (tertiary/aromatic N) is 1. The summed E-state index contributed by atoms with van der Waals surface area (Å²) < 4.78 is 18.3. The standard InChI is InChI=1S/C35H50N2O8/c1-20(2)24-11-10-21(3)14-28(24)44-19-30(40)37(23-8-6-5-7-9-23)27-17-26(35(42)36-12-13-38)31-25-15-22(18-39)16-29(43-4)33(25)45-34(31)32(27)41/h15-18,20-21,23-24,27-28,31-32,34,38,41H,5-14,19H2,1-4H3,(H,36,42)/t21-,24+,27+,28-,31-,32-,34-/m0/s1. The fraction of sp³-hybridized carbons (Fsp3) is 0.686. The molecule has 2 fully saturated rings. The zero-order valence-electron chi connectivity index (χ0n) is 27.1. The lowest BCUT2D eigenvalue weighted by Crippen LogP contribution is -2.59. The number of hydrogen-bond acceptors (Lipinski definition) is 8. The van der Waals surface area contributed by atoms with E-state index in [1.807, 2.05) is 0 Å². The predicted molar refractivity (Wildman–Crippen MR) is 168 cm³/mol. The Labute approximate surface area is 266 Å². The van der Waals surface area contributed by atoms with Gasteiger partial charge in [-0.1, -0.05) is 46.5 Å². The second kappa shape index (κ2) is 14.6. The molecule has 7 atom stereocenters. The third kappa shape index (κ3) is 6.93. The third-order valence-corrected chi connectivity index (χ3v) is 10.4. The molecule has 1 aromatic rings. The van der Waals surface area contributed by atoms with Gasteiger partial charge in [-0.3, -0.25) is 14.4 Å². The van der Waals surface area contributed by atoms with Crippen LogP contribution in [0.15, 0.2) is 23.8 Å². The number of aldehydes is 1. The van der Waals surface area contributed by atoms with Gasteiger partial charge < -0.3 is 34.6 Å². The molecule has 10 nitrogen and oxygen atoms in total. The molecule has 4 aliphatic rings. The quantitative estimate of drug-likeness (QED) is 0.316. The molecule has 45 heavy (non-hydrogen) atoms. The van der Waals surface area contributed by atoms with Crippen LogP contribution in [0.25, 0.3) is 0 Å². The highest BCUT2D eigenvalue weighted by Crippen LogP contribution is 2.51. The van der Waals surface area contributed by atoms with Crippen molar-refractivity contribution in [1.29, 1.82) is 0 Å². The summed E-state index contributed by atoms with van der Waals surface area (Å²) in [6.45, 7) is 6.37. The van der Waals surface area contributed by atoms with E-state index in [0.717, 1.165) is 51.4 Å². The maximum absolute atomic E-state index is 14.3. The number of rotatable bonds is 11. The normalized spacial score (nSPS) is 29.7. The van der Waals surface area contributed by atoms with Crippen LogP contribution in [0.4, 0.5) is 0 Å². The van der Waals surface area contributed by atoms with Gasteiger partial charge in [0.15, 0.2) is 11.5 Å². The van der Waals surface area contributed by atoms with E-state index in [2.05, 4.69) is 26.1 Å². The SMILES string of the molecule is COc1cc(C=O)cc2c1O[C@@H]1[C@@H](O)[C@H](N(C(=O)CO[C@H]3C[C@@H](C)CC[C@@H]3C(C)C)C3CCCCC3)C=C(C(=O)NCCO)[C@H]21. The van der Waals surface area contributed by atoms with Crippen molar-refractivity contribution in [2.45, 2.75) is 108 Å². The summed E-state index contributed by atoms with van der Waals surface area (Å²) >= 11 is 0. The van der Waals surface area contributed by atoms with E-state index in [4.69, 9.17) is 14.2 Å². The summed E-state index contributed by atoms with van der Waals surface area (Å²) in [7, 11) is 1.47. The molecule has 0 bridgehead atoms. The molecule has 5 rings (SSSR count). The number of amides is 2. The minimum atomic E-state index is -1.16. The number of nitrogens with one attached hydrogen (secondary N) is 1. The molecule has 3 aliphatic carbocycles. The Kier molecular flexibility index (Phi) is 10.9. The van der Waals surface area contributed by atoms with Crippen LogP contribution >= 0.6 is 0 Å². The molecule has 3 N–H and O–H groups in total. The van der Waals surface area contributed by atoms with Crippen molar-refractivity contribution in [3.8, 4) is 11.5 Å². The van der Waals surface area contributed by atoms with E-state index in [1.54, 1.807) is 23.1 Å². The monoisotopic (exact) mass is 626 g/mol. The van der Waals surface area contributed by atoms with Gasteiger partial charge in [-0.05, 0) is 61.6 Å². The minimum Gasteiger partial charge on any atom is -0.493 e. The first-order valence-corrected chi connectivity index (χ1v) is 16.7. The number of hydrogen-bond donors (Lipinski definition) is 3. The topological polar surface area (TPSA) is 135 Å². The number of aliphatic hydroxyl groups is 2. The van der Waals surface area contributed by atoms with Crippen LogP contribution < -0.4 is 14.8 Å². The molecule has 1 heterocycles. The number of carbonyl (C=O) groups is 3. The minimum absolute atomic E-state index is 0.00549. The zero-order chi connectivity index (χ0) is 32.2. The van der Waals surface area contributed by atoms with E-state index in [0.29, 0.717) is 52.2 Å². The Morgan fingerprint density at radius 3 is 2.58 bits per heavy atom. The molecular weight excluding hydrogens is 576 g/mol. The average molecular weight is 627 g/mol. The summed E-state index contributed by atoms with van der Waals surface area (Å²) in [5.41, 5.74) is 1.24. The molecule has 2 amide bonds. The first-order valence-electron chi connectivity index (χ1n) is 16.7. The molecule has 0 saturated heterocycles. The van der Waals surface area contributed by atoms with Gasteiger partial charge in [0.1, 0.15) is 25.1 Å². The Morgan fingerprint density at radius 1 is 1.16 bits per heavy atom. The lowest BCUT2D eigenvalue weighted by molar-refractivity contribution is -0.151. The Bertz CT molecular complexity index is 1260. The first-order chi connectivity index (χ1) is 21.7. The first kappa shape index (κ1) is 33.4. The van der Waals surface area contributed by atoms with Gasteiger partial charge in [-0.2, -0.15) is 0 Å². The van der Waals surface area contributed by atoms with Crippen LogP contribution in [0.3, 0.4) is 0 Å². The van der Waals surface area contributed by atoms with Gasteiger partial charge in [-0.15, -0.1) is 0 Å². The molecule has 248 valence electrons. The molecular formula is C35H50N2O8. The second-order valence-electron chi connectivity index (χ2n) is 13.7. The number of fused-ring (bicyclic) bond motifs is 3. The van der Waals surface area contributed by atoms with Gasteiger partial charge >= 0.3 is 0 Å². The van der Waals surface area contributed by atoms with Crippen molar-refractivity contribution in [2.24, 2.45) is 17.8 Å². The largest absolute Gasteiger partial charge is 0.493 e. The van der Waals surface area contributed by atoms with Gasteiger partial charge in [0.05, 0.1) is 31.8 Å². The van der Waals surface area contributed by atoms with Crippen molar-refractivity contribution in [1.82, 2.24) is 10.2 Å². The van der Waals surface area contributed by atoms with Crippen molar-refractivity contribution in [2.75, 3.05) is 26.9 Å². The van der Waals surface area contributed by atoms with Gasteiger partial charge in [0.25, 0.3) is 0 Å².